The van der Waals surface area contributed by atoms with E-state index in [0.29, 0.717) is 17.9 Å². The number of nitrogens with two attached hydrogens (primary N) is 1. The fraction of sp³-hybridized carbons (Fsp3) is 0.133. The van der Waals surface area contributed by atoms with Crippen molar-refractivity contribution in [3.63, 3.8) is 0 Å². The fourth-order valence-corrected chi connectivity index (χ4v) is 2.54. The van der Waals surface area contributed by atoms with Crippen LogP contribution in [0.15, 0.2) is 36.4 Å². The molecule has 1 aliphatic heterocycles. The van der Waals surface area contributed by atoms with E-state index >= 15 is 0 Å². The number of anilines is 2. The summed E-state index contributed by atoms with van der Waals surface area (Å²) in [6, 6.07) is 9.86. The van der Waals surface area contributed by atoms with Crippen molar-refractivity contribution in [3.05, 3.63) is 47.5 Å². The van der Waals surface area contributed by atoms with Gasteiger partial charge in [-0.1, -0.05) is 18.2 Å². The highest BCUT2D eigenvalue weighted by atomic mass is 16.3. The number of phenolic OH excluding ortho intramolecular Hbond substituents is 2. The van der Waals surface area contributed by atoms with Gasteiger partial charge >= 0.3 is 0 Å². The van der Waals surface area contributed by atoms with Crippen LogP contribution in [0.1, 0.15) is 15.9 Å². The molecular formula is C15H14N2O3. The highest BCUT2D eigenvalue weighted by molar-refractivity contribution is 6.10. The van der Waals surface area contributed by atoms with Gasteiger partial charge in [-0.3, -0.25) is 4.79 Å². The summed E-state index contributed by atoms with van der Waals surface area (Å²) in [5.74, 6) is -1.08. The first-order valence-electron chi connectivity index (χ1n) is 6.30. The minimum Gasteiger partial charge on any atom is -0.504 e. The van der Waals surface area contributed by atoms with Crippen LogP contribution in [0, 0.1) is 0 Å². The summed E-state index contributed by atoms with van der Waals surface area (Å²) in [5.41, 5.74) is 8.25. The third kappa shape index (κ3) is 1.75. The molecule has 1 heterocycles. The molecule has 0 bridgehead atoms. The summed E-state index contributed by atoms with van der Waals surface area (Å²) in [5, 5.41) is 19.3. The average Bonchev–Trinajstić information content (AvgIpc) is 2.86. The van der Waals surface area contributed by atoms with Gasteiger partial charge in [0.2, 0.25) is 0 Å². The van der Waals surface area contributed by atoms with Crippen molar-refractivity contribution in [2.45, 2.75) is 6.42 Å². The summed E-state index contributed by atoms with van der Waals surface area (Å²) in [6.07, 6.45) is 0.728. The number of benzene rings is 2. The zero-order valence-electron chi connectivity index (χ0n) is 10.7. The van der Waals surface area contributed by atoms with Gasteiger partial charge in [0.05, 0.1) is 16.9 Å². The lowest BCUT2D eigenvalue weighted by Crippen LogP contribution is -2.29. The number of hydrogen-bond acceptors (Lipinski definition) is 4. The van der Waals surface area contributed by atoms with Gasteiger partial charge in [-0.25, -0.2) is 0 Å². The predicted octanol–water partition coefficient (Wildman–Crippen LogP) is 1.88. The molecule has 2 aromatic carbocycles. The van der Waals surface area contributed by atoms with Crippen molar-refractivity contribution in [3.8, 4) is 11.5 Å². The van der Waals surface area contributed by atoms with Gasteiger partial charge in [0, 0.05) is 6.54 Å². The third-order valence-corrected chi connectivity index (χ3v) is 3.52. The molecule has 0 spiro atoms. The van der Waals surface area contributed by atoms with E-state index in [1.165, 1.54) is 18.2 Å². The first-order chi connectivity index (χ1) is 9.59. The number of nitrogen functional groups attached to an aromatic ring is 1. The molecule has 2 aromatic rings. The SMILES string of the molecule is Nc1cccc2c1N(C(=O)c1cccc(O)c1O)CC2. The van der Waals surface area contributed by atoms with Crippen molar-refractivity contribution in [2.75, 3.05) is 17.2 Å². The number of carbonyl (C=O) groups is 1. The highest BCUT2D eigenvalue weighted by Gasteiger charge is 2.29. The Morgan fingerprint density at radius 1 is 1.15 bits per heavy atom. The Bertz CT molecular complexity index is 698. The van der Waals surface area contributed by atoms with Crippen molar-refractivity contribution in [1.82, 2.24) is 0 Å². The van der Waals surface area contributed by atoms with E-state index in [1.54, 1.807) is 11.0 Å². The molecule has 1 aliphatic rings. The van der Waals surface area contributed by atoms with Gasteiger partial charge in [0.15, 0.2) is 11.5 Å². The Kier molecular flexibility index (Phi) is 2.75. The molecule has 5 heteroatoms. The molecule has 0 fully saturated rings. The number of rotatable bonds is 1. The summed E-state index contributed by atoms with van der Waals surface area (Å²) >= 11 is 0. The largest absolute Gasteiger partial charge is 0.504 e. The molecule has 0 unspecified atom stereocenters. The second-order valence-corrected chi connectivity index (χ2v) is 4.74. The molecule has 0 aromatic heterocycles. The number of hydrogen-bond donors (Lipinski definition) is 3. The van der Waals surface area contributed by atoms with E-state index in [4.69, 9.17) is 5.73 Å². The van der Waals surface area contributed by atoms with E-state index in [9.17, 15) is 15.0 Å². The zero-order valence-corrected chi connectivity index (χ0v) is 10.7. The lowest BCUT2D eigenvalue weighted by atomic mass is 10.1. The molecule has 1 amide bonds. The molecule has 5 nitrogen and oxygen atoms in total. The maximum atomic E-state index is 12.5. The number of carbonyl (C=O) groups excluding carboxylic acids is 1. The summed E-state index contributed by atoms with van der Waals surface area (Å²) in [6.45, 7) is 0.511. The standard InChI is InChI=1S/C15H14N2O3/c16-11-5-1-3-9-7-8-17(13(9)11)15(20)10-4-2-6-12(18)14(10)19/h1-6,18-19H,7-8,16H2. The van der Waals surface area contributed by atoms with Crippen LogP contribution >= 0.6 is 0 Å². The van der Waals surface area contributed by atoms with Crippen molar-refractivity contribution >= 4 is 17.3 Å². The fourth-order valence-electron chi connectivity index (χ4n) is 2.54. The molecule has 4 N–H and O–H groups in total. The molecule has 0 radical (unpaired) electrons. The average molecular weight is 270 g/mol. The lowest BCUT2D eigenvalue weighted by Gasteiger charge is -2.19. The normalized spacial score (nSPS) is 13.3. The molecule has 102 valence electrons. The molecule has 0 saturated heterocycles. The Morgan fingerprint density at radius 3 is 2.70 bits per heavy atom. The Morgan fingerprint density at radius 2 is 1.90 bits per heavy atom. The smallest absolute Gasteiger partial charge is 0.262 e. The third-order valence-electron chi connectivity index (χ3n) is 3.52. The van der Waals surface area contributed by atoms with Crippen molar-refractivity contribution < 1.29 is 15.0 Å². The maximum Gasteiger partial charge on any atom is 0.262 e. The first-order valence-corrected chi connectivity index (χ1v) is 6.30. The lowest BCUT2D eigenvalue weighted by molar-refractivity contribution is 0.0986. The Balaban J connectivity index is 2.04. The minimum atomic E-state index is -0.402. The molecule has 0 saturated carbocycles. The van der Waals surface area contributed by atoms with Gasteiger partial charge in [-0.2, -0.15) is 0 Å². The Labute approximate surface area is 115 Å². The van der Waals surface area contributed by atoms with Crippen molar-refractivity contribution in [1.29, 1.82) is 0 Å². The number of para-hydroxylation sites is 2. The molecule has 0 aliphatic carbocycles. The van der Waals surface area contributed by atoms with Gasteiger partial charge < -0.3 is 20.8 Å². The van der Waals surface area contributed by atoms with Gasteiger partial charge in [-0.15, -0.1) is 0 Å². The van der Waals surface area contributed by atoms with Crippen LogP contribution in [0.2, 0.25) is 0 Å². The molecular weight excluding hydrogens is 256 g/mol. The Hall–Kier alpha value is -2.69. The summed E-state index contributed by atoms with van der Waals surface area (Å²) in [7, 11) is 0. The number of phenols is 2. The molecule has 0 atom stereocenters. The van der Waals surface area contributed by atoms with Gasteiger partial charge in [-0.05, 0) is 30.2 Å². The van der Waals surface area contributed by atoms with E-state index in [2.05, 4.69) is 0 Å². The highest BCUT2D eigenvalue weighted by Crippen LogP contribution is 2.37. The van der Waals surface area contributed by atoms with Crippen LogP contribution in [0.5, 0.6) is 11.5 Å². The molecule has 20 heavy (non-hydrogen) atoms. The molecule has 3 rings (SSSR count). The van der Waals surface area contributed by atoms with Crippen LogP contribution in [0.4, 0.5) is 11.4 Å². The van der Waals surface area contributed by atoms with E-state index in [-0.39, 0.29) is 17.2 Å². The van der Waals surface area contributed by atoms with Crippen LogP contribution in [0.25, 0.3) is 0 Å². The second-order valence-electron chi connectivity index (χ2n) is 4.74. The predicted molar refractivity (Wildman–Crippen MR) is 76.0 cm³/mol. The minimum absolute atomic E-state index is 0.0705. The monoisotopic (exact) mass is 270 g/mol. The van der Waals surface area contributed by atoms with Crippen LogP contribution < -0.4 is 10.6 Å². The van der Waals surface area contributed by atoms with E-state index in [1.807, 2.05) is 12.1 Å². The maximum absolute atomic E-state index is 12.5. The zero-order chi connectivity index (χ0) is 14.3. The summed E-state index contributed by atoms with van der Waals surface area (Å²) < 4.78 is 0. The van der Waals surface area contributed by atoms with Crippen LogP contribution in [0.3, 0.4) is 0 Å². The number of amides is 1. The van der Waals surface area contributed by atoms with E-state index < -0.39 is 5.75 Å². The number of aromatic hydroxyl groups is 2. The van der Waals surface area contributed by atoms with Crippen LogP contribution in [-0.2, 0) is 6.42 Å². The topological polar surface area (TPSA) is 86.8 Å². The van der Waals surface area contributed by atoms with Crippen molar-refractivity contribution in [2.24, 2.45) is 0 Å². The summed E-state index contributed by atoms with van der Waals surface area (Å²) in [4.78, 5) is 14.1. The van der Waals surface area contributed by atoms with Gasteiger partial charge in [0.25, 0.3) is 5.91 Å². The van der Waals surface area contributed by atoms with Crippen LogP contribution in [-0.4, -0.2) is 22.7 Å². The number of nitrogens with zero attached hydrogens (tertiary/aromatic N) is 1. The quantitative estimate of drug-likeness (QED) is 0.545. The number of fused-ring (bicyclic) bond motifs is 1. The van der Waals surface area contributed by atoms with Gasteiger partial charge in [0.1, 0.15) is 0 Å². The second kappa shape index (κ2) is 4.45. The van der Waals surface area contributed by atoms with E-state index in [0.717, 1.165) is 12.0 Å². The first kappa shape index (κ1) is 12.3.